The minimum absolute atomic E-state index is 0.0767. The van der Waals surface area contributed by atoms with Crippen LogP contribution < -0.4 is 0 Å². The monoisotopic (exact) mass is 414 g/mol. The zero-order chi connectivity index (χ0) is 15.9. The van der Waals surface area contributed by atoms with E-state index in [-0.39, 0.29) is 11.8 Å². The molecule has 0 spiro atoms. The summed E-state index contributed by atoms with van der Waals surface area (Å²) in [5.74, 6) is 0.304. The van der Waals surface area contributed by atoms with Crippen molar-refractivity contribution in [1.29, 1.82) is 0 Å². The number of benzene rings is 1. The average molecular weight is 414 g/mol. The molecule has 5 heteroatoms. The van der Waals surface area contributed by atoms with E-state index in [1.165, 1.54) is 0 Å². The number of hydrogen-bond donors (Lipinski definition) is 0. The Morgan fingerprint density at radius 2 is 1.77 bits per heavy atom. The number of carbonyl (C=O) groups is 2. The normalized spacial score (nSPS) is 15.5. The summed E-state index contributed by atoms with van der Waals surface area (Å²) in [4.78, 5) is 28.6. The van der Waals surface area contributed by atoms with E-state index < -0.39 is 0 Å². The van der Waals surface area contributed by atoms with Gasteiger partial charge in [-0.15, -0.1) is 0 Å². The molecule has 2 rings (SSSR count). The van der Waals surface area contributed by atoms with Crippen molar-refractivity contribution < 1.29 is 9.59 Å². The summed E-state index contributed by atoms with van der Waals surface area (Å²) in [7, 11) is 0. The lowest BCUT2D eigenvalue weighted by atomic mass is 10.2. The Morgan fingerprint density at radius 3 is 2.50 bits per heavy atom. The standard InChI is InChI=1S/C17H23IN2O2/c1-2-3-9-16(21)19-10-6-11-20(13-12-19)17(22)14-7-4-5-8-15(14)18/h4-5,7-8H,2-3,6,9-13H2,1H3. The molecule has 0 aliphatic carbocycles. The van der Waals surface area contributed by atoms with Crippen molar-refractivity contribution in [1.82, 2.24) is 9.80 Å². The minimum Gasteiger partial charge on any atom is -0.341 e. The smallest absolute Gasteiger partial charge is 0.254 e. The van der Waals surface area contributed by atoms with Gasteiger partial charge in [0.15, 0.2) is 0 Å². The highest BCUT2D eigenvalue weighted by molar-refractivity contribution is 14.1. The lowest BCUT2D eigenvalue weighted by Gasteiger charge is -2.22. The van der Waals surface area contributed by atoms with Crippen LogP contribution in [0.2, 0.25) is 0 Å². The zero-order valence-electron chi connectivity index (χ0n) is 13.1. The summed E-state index contributed by atoms with van der Waals surface area (Å²) in [5, 5.41) is 0. The molecular weight excluding hydrogens is 391 g/mol. The third-order valence-electron chi connectivity index (χ3n) is 3.98. The van der Waals surface area contributed by atoms with Crippen LogP contribution in [0.15, 0.2) is 24.3 Å². The van der Waals surface area contributed by atoms with Crippen molar-refractivity contribution in [2.24, 2.45) is 0 Å². The number of rotatable bonds is 4. The lowest BCUT2D eigenvalue weighted by Crippen LogP contribution is -2.37. The first-order chi connectivity index (χ1) is 10.6. The fourth-order valence-corrected chi connectivity index (χ4v) is 3.28. The van der Waals surface area contributed by atoms with Crippen molar-refractivity contribution in [2.75, 3.05) is 26.2 Å². The molecule has 1 aromatic carbocycles. The van der Waals surface area contributed by atoms with Crippen LogP contribution in [0, 0.1) is 3.57 Å². The van der Waals surface area contributed by atoms with E-state index in [1.807, 2.05) is 34.1 Å². The van der Waals surface area contributed by atoms with Crippen LogP contribution in [0.1, 0.15) is 43.0 Å². The Bertz CT molecular complexity index is 533. The van der Waals surface area contributed by atoms with Gasteiger partial charge in [0.25, 0.3) is 5.91 Å². The van der Waals surface area contributed by atoms with Crippen molar-refractivity contribution in [3.63, 3.8) is 0 Å². The predicted molar refractivity (Wildman–Crippen MR) is 95.8 cm³/mol. The topological polar surface area (TPSA) is 40.6 Å². The molecule has 0 N–H and O–H groups in total. The molecule has 0 unspecified atom stereocenters. The number of nitrogens with zero attached hydrogens (tertiary/aromatic N) is 2. The lowest BCUT2D eigenvalue weighted by molar-refractivity contribution is -0.131. The third kappa shape index (κ3) is 4.44. The zero-order valence-corrected chi connectivity index (χ0v) is 15.2. The summed E-state index contributed by atoms with van der Waals surface area (Å²) >= 11 is 2.20. The second-order valence-corrected chi connectivity index (χ2v) is 6.77. The van der Waals surface area contributed by atoms with E-state index in [2.05, 4.69) is 29.5 Å². The van der Waals surface area contributed by atoms with E-state index in [0.29, 0.717) is 19.5 Å². The van der Waals surface area contributed by atoms with Crippen LogP contribution in [-0.2, 0) is 4.79 Å². The molecule has 1 saturated heterocycles. The molecule has 120 valence electrons. The Kier molecular flexibility index (Phi) is 6.67. The molecule has 0 radical (unpaired) electrons. The molecule has 0 bridgehead atoms. The van der Waals surface area contributed by atoms with Crippen LogP contribution in [0.25, 0.3) is 0 Å². The number of carbonyl (C=O) groups excluding carboxylic acids is 2. The molecule has 0 aromatic heterocycles. The second-order valence-electron chi connectivity index (χ2n) is 5.61. The SMILES string of the molecule is CCCCC(=O)N1CCCN(C(=O)c2ccccc2I)CC1. The Hall–Kier alpha value is -1.11. The van der Waals surface area contributed by atoms with Gasteiger partial charge in [0.2, 0.25) is 5.91 Å². The van der Waals surface area contributed by atoms with Crippen molar-refractivity contribution in [3.8, 4) is 0 Å². The maximum atomic E-state index is 12.6. The van der Waals surface area contributed by atoms with Crippen LogP contribution in [0.5, 0.6) is 0 Å². The molecule has 1 aliphatic rings. The Balaban J connectivity index is 1.97. The number of halogens is 1. The highest BCUT2D eigenvalue weighted by Gasteiger charge is 2.23. The Morgan fingerprint density at radius 1 is 1.09 bits per heavy atom. The molecule has 2 amide bonds. The van der Waals surface area contributed by atoms with Gasteiger partial charge in [-0.3, -0.25) is 9.59 Å². The van der Waals surface area contributed by atoms with E-state index in [4.69, 9.17) is 0 Å². The fourth-order valence-electron chi connectivity index (χ4n) is 2.66. The van der Waals surface area contributed by atoms with E-state index >= 15 is 0 Å². The van der Waals surface area contributed by atoms with Crippen molar-refractivity contribution in [2.45, 2.75) is 32.6 Å². The van der Waals surface area contributed by atoms with E-state index in [0.717, 1.165) is 41.5 Å². The fraction of sp³-hybridized carbons (Fsp3) is 0.529. The largest absolute Gasteiger partial charge is 0.341 e. The molecule has 0 saturated carbocycles. The number of amides is 2. The molecule has 0 atom stereocenters. The van der Waals surface area contributed by atoms with Crippen LogP contribution >= 0.6 is 22.6 Å². The van der Waals surface area contributed by atoms with Gasteiger partial charge in [-0.1, -0.05) is 25.5 Å². The number of unbranched alkanes of at least 4 members (excludes halogenated alkanes) is 1. The summed E-state index contributed by atoms with van der Waals surface area (Å²) in [6, 6.07) is 7.66. The summed E-state index contributed by atoms with van der Waals surface area (Å²) in [6.45, 7) is 4.86. The van der Waals surface area contributed by atoms with Gasteiger partial charge in [-0.05, 0) is 47.6 Å². The Labute approximate surface area is 146 Å². The van der Waals surface area contributed by atoms with Gasteiger partial charge in [-0.25, -0.2) is 0 Å². The van der Waals surface area contributed by atoms with Crippen LogP contribution in [0.4, 0.5) is 0 Å². The summed E-state index contributed by atoms with van der Waals surface area (Å²) < 4.78 is 0.977. The molecule has 1 heterocycles. The first kappa shape index (κ1) is 17.2. The highest BCUT2D eigenvalue weighted by Crippen LogP contribution is 2.16. The second kappa shape index (κ2) is 8.50. The van der Waals surface area contributed by atoms with Gasteiger partial charge in [0, 0.05) is 36.2 Å². The molecule has 1 fully saturated rings. The average Bonchev–Trinajstić information content (AvgIpc) is 2.78. The van der Waals surface area contributed by atoms with Crippen molar-refractivity contribution in [3.05, 3.63) is 33.4 Å². The van der Waals surface area contributed by atoms with Gasteiger partial charge in [-0.2, -0.15) is 0 Å². The van der Waals surface area contributed by atoms with Crippen molar-refractivity contribution >= 4 is 34.4 Å². The van der Waals surface area contributed by atoms with E-state index in [1.54, 1.807) is 0 Å². The van der Waals surface area contributed by atoms with Crippen LogP contribution in [0.3, 0.4) is 0 Å². The highest BCUT2D eigenvalue weighted by atomic mass is 127. The van der Waals surface area contributed by atoms with Gasteiger partial charge < -0.3 is 9.80 Å². The quantitative estimate of drug-likeness (QED) is 0.711. The first-order valence-corrected chi connectivity index (χ1v) is 9.03. The molecular formula is C17H23IN2O2. The van der Waals surface area contributed by atoms with E-state index in [9.17, 15) is 9.59 Å². The maximum absolute atomic E-state index is 12.6. The third-order valence-corrected chi connectivity index (χ3v) is 4.92. The van der Waals surface area contributed by atoms with Gasteiger partial charge >= 0.3 is 0 Å². The summed E-state index contributed by atoms with van der Waals surface area (Å²) in [6.07, 6.45) is 3.46. The first-order valence-electron chi connectivity index (χ1n) is 7.95. The molecule has 22 heavy (non-hydrogen) atoms. The minimum atomic E-state index is 0.0767. The van der Waals surface area contributed by atoms with Gasteiger partial charge in [0.1, 0.15) is 0 Å². The van der Waals surface area contributed by atoms with Gasteiger partial charge in [0.05, 0.1) is 5.56 Å². The van der Waals surface area contributed by atoms with Crippen LogP contribution in [-0.4, -0.2) is 47.8 Å². The number of hydrogen-bond acceptors (Lipinski definition) is 2. The predicted octanol–water partition coefficient (Wildman–Crippen LogP) is 3.16. The maximum Gasteiger partial charge on any atom is 0.254 e. The molecule has 1 aromatic rings. The summed E-state index contributed by atoms with van der Waals surface area (Å²) in [5.41, 5.74) is 0.758. The molecule has 4 nitrogen and oxygen atoms in total. The molecule has 1 aliphatic heterocycles.